The van der Waals surface area contributed by atoms with Gasteiger partial charge in [0.1, 0.15) is 0 Å². The quantitative estimate of drug-likeness (QED) is 0.127. The Bertz CT molecular complexity index is 4120. The third kappa shape index (κ3) is 9.12. The van der Waals surface area contributed by atoms with Crippen molar-refractivity contribution in [3.8, 4) is 101 Å². The van der Waals surface area contributed by atoms with Crippen LogP contribution in [-0.4, -0.2) is 29.9 Å². The van der Waals surface area contributed by atoms with Crippen LogP contribution in [0.4, 0.5) is 34.4 Å². The van der Waals surface area contributed by atoms with Crippen LogP contribution in [0.15, 0.2) is 291 Å². The number of fused-ring (bicyclic) bond motifs is 2. The minimum Gasteiger partial charge on any atom is -0.305 e. The molecule has 1 aliphatic rings. The highest BCUT2D eigenvalue weighted by Gasteiger charge is 2.35. The fraction of sp³-hybridized carbons (Fsp3) is 0. The van der Waals surface area contributed by atoms with Crippen molar-refractivity contribution in [2.24, 2.45) is 0 Å². The number of benzene rings is 10. The molecule has 8 heteroatoms. The lowest BCUT2D eigenvalue weighted by Crippen LogP contribution is -2.26. The van der Waals surface area contributed by atoms with Gasteiger partial charge in [-0.2, -0.15) is 0 Å². The van der Waals surface area contributed by atoms with E-state index < -0.39 is 0 Å². The van der Waals surface area contributed by atoms with Gasteiger partial charge in [-0.15, -0.1) is 0 Å². The molecule has 0 amide bonds. The summed E-state index contributed by atoms with van der Waals surface area (Å²) in [7, 11) is 0. The second-order valence-electron chi connectivity index (χ2n) is 19.5. The van der Waals surface area contributed by atoms with Crippen LogP contribution in [0.5, 0.6) is 0 Å². The van der Waals surface area contributed by atoms with Crippen LogP contribution in [0, 0.1) is 0 Å². The van der Waals surface area contributed by atoms with Crippen molar-refractivity contribution in [3.05, 3.63) is 291 Å². The fourth-order valence-electron chi connectivity index (χ4n) is 10.6. The maximum atomic E-state index is 5.61. The molecule has 0 unspecified atom stereocenters. The van der Waals surface area contributed by atoms with E-state index in [4.69, 9.17) is 29.9 Å². The minimum absolute atomic E-state index is 0.548. The molecule has 0 saturated heterocycles. The second-order valence-corrected chi connectivity index (χ2v) is 19.5. The third-order valence-corrected chi connectivity index (χ3v) is 14.4. The molecule has 0 bridgehead atoms. The van der Waals surface area contributed by atoms with Gasteiger partial charge in [-0.3, -0.25) is 4.90 Å². The summed E-state index contributed by atoms with van der Waals surface area (Å²) >= 11 is 0. The van der Waals surface area contributed by atoms with Gasteiger partial charge in [-0.1, -0.05) is 237 Å². The first-order valence-electron chi connectivity index (χ1n) is 26.7. The van der Waals surface area contributed by atoms with Crippen LogP contribution in [0.2, 0.25) is 0 Å². The predicted molar refractivity (Wildman–Crippen MR) is 325 cm³/mol. The van der Waals surface area contributed by atoms with E-state index in [9.17, 15) is 0 Å². The summed E-state index contributed by atoms with van der Waals surface area (Å²) in [6.07, 6.45) is 0. The molecule has 0 aliphatic carbocycles. The molecule has 0 fully saturated rings. The molecule has 1 aliphatic heterocycles. The molecule has 3 aromatic heterocycles. The SMILES string of the molecule is c1ccc(-c2cc(-c3cc(-c4ccccc4)c(N4c5ccccc5N(c5nc(-c6ccccc6)cc(-c6ccccc6)n5)c5ccccc54)c(-c4cc(-c5ccccc5)nc(-c5ccccc5)n4)c3)nc(-c3ccccc3)n2)cc1. The Kier molecular flexibility index (Phi) is 12.4. The summed E-state index contributed by atoms with van der Waals surface area (Å²) in [5.41, 5.74) is 18.8. The number of aromatic nitrogens is 6. The van der Waals surface area contributed by atoms with Crippen LogP contribution in [0.1, 0.15) is 0 Å². The van der Waals surface area contributed by atoms with E-state index in [1.54, 1.807) is 0 Å². The zero-order valence-electron chi connectivity index (χ0n) is 43.3. The van der Waals surface area contributed by atoms with Gasteiger partial charge < -0.3 is 4.90 Å². The van der Waals surface area contributed by atoms with Gasteiger partial charge in [-0.25, -0.2) is 29.9 Å². The molecule has 0 saturated carbocycles. The average molecular weight is 1030 g/mol. The van der Waals surface area contributed by atoms with Gasteiger partial charge in [0.15, 0.2) is 11.6 Å². The van der Waals surface area contributed by atoms with Crippen molar-refractivity contribution in [1.29, 1.82) is 0 Å². The summed E-state index contributed by atoms with van der Waals surface area (Å²) in [4.78, 5) is 37.0. The monoisotopic (exact) mass is 1020 g/mol. The first-order valence-corrected chi connectivity index (χ1v) is 26.7. The number of rotatable bonds is 11. The lowest BCUT2D eigenvalue weighted by Gasteiger charge is -2.41. The molecule has 10 aromatic carbocycles. The fourth-order valence-corrected chi connectivity index (χ4v) is 10.6. The van der Waals surface area contributed by atoms with Crippen molar-refractivity contribution in [2.75, 3.05) is 9.80 Å². The van der Waals surface area contributed by atoms with Crippen LogP contribution in [-0.2, 0) is 0 Å². The summed E-state index contributed by atoms with van der Waals surface area (Å²) in [5, 5.41) is 0. The highest BCUT2D eigenvalue weighted by atomic mass is 15.3. The van der Waals surface area contributed by atoms with Crippen molar-refractivity contribution < 1.29 is 0 Å². The maximum absolute atomic E-state index is 5.61. The molecule has 8 nitrogen and oxygen atoms in total. The highest BCUT2D eigenvalue weighted by molar-refractivity contribution is 6.07. The van der Waals surface area contributed by atoms with Crippen LogP contribution in [0.3, 0.4) is 0 Å². The molecule has 0 N–H and O–H groups in total. The highest BCUT2D eigenvalue weighted by Crippen LogP contribution is 2.58. The molecule has 14 rings (SSSR count). The molecular formula is C72H48N8. The summed E-state index contributed by atoms with van der Waals surface area (Å²) in [6, 6.07) is 100. The van der Waals surface area contributed by atoms with Crippen LogP contribution < -0.4 is 9.80 Å². The zero-order chi connectivity index (χ0) is 53.2. The van der Waals surface area contributed by atoms with E-state index in [0.717, 1.165) is 118 Å². The standard InChI is InChI=1S/C72H48N8/c1-8-26-49(27-9-1)57-44-56(63-46-59(50-28-10-2-11-29-50)73-70(75-63)54-36-18-6-19-37-54)45-58(64-48-60(51-30-12-3-13-31-51)74-71(76-64)55-38-20-7-21-39-55)69(57)79-65-40-22-24-42-67(65)80(68-43-25-23-41-66(68)79)72-77-61(52-32-14-4-15-33-52)47-62(78-72)53-34-16-5-17-35-53/h1-48H. The molecule has 0 radical (unpaired) electrons. The second kappa shape index (κ2) is 20.9. The lowest BCUT2D eigenvalue weighted by atomic mass is 9.91. The Morgan fingerprint density at radius 2 is 0.475 bits per heavy atom. The Morgan fingerprint density at radius 1 is 0.200 bits per heavy atom. The smallest absolute Gasteiger partial charge is 0.235 e. The normalized spacial score (nSPS) is 11.7. The first kappa shape index (κ1) is 47.5. The average Bonchev–Trinajstić information content (AvgIpc) is 3.58. The number of para-hydroxylation sites is 4. The Balaban J connectivity index is 1.07. The largest absolute Gasteiger partial charge is 0.305 e. The van der Waals surface area contributed by atoms with Crippen LogP contribution in [0.25, 0.3) is 101 Å². The molecule has 0 atom stereocenters. The Hall–Kier alpha value is -11.0. The third-order valence-electron chi connectivity index (χ3n) is 14.4. The van der Waals surface area contributed by atoms with E-state index >= 15 is 0 Å². The van der Waals surface area contributed by atoms with E-state index in [1.165, 1.54) is 0 Å². The van der Waals surface area contributed by atoms with Gasteiger partial charge in [0.05, 0.1) is 62.6 Å². The van der Waals surface area contributed by atoms with E-state index in [-0.39, 0.29) is 0 Å². The summed E-state index contributed by atoms with van der Waals surface area (Å²) < 4.78 is 0. The number of hydrogen-bond donors (Lipinski definition) is 0. The molecule has 80 heavy (non-hydrogen) atoms. The molecule has 376 valence electrons. The number of hydrogen-bond acceptors (Lipinski definition) is 8. The van der Waals surface area contributed by atoms with Gasteiger partial charge in [-0.05, 0) is 60.2 Å². The molecular weight excluding hydrogens is 977 g/mol. The van der Waals surface area contributed by atoms with Gasteiger partial charge >= 0.3 is 0 Å². The Morgan fingerprint density at radius 3 is 0.863 bits per heavy atom. The summed E-state index contributed by atoms with van der Waals surface area (Å²) in [6.45, 7) is 0. The maximum Gasteiger partial charge on any atom is 0.235 e. The van der Waals surface area contributed by atoms with Gasteiger partial charge in [0.2, 0.25) is 5.95 Å². The molecule has 0 spiro atoms. The number of nitrogens with zero attached hydrogens (tertiary/aromatic N) is 8. The summed E-state index contributed by atoms with van der Waals surface area (Å²) in [5.74, 6) is 1.78. The van der Waals surface area contributed by atoms with Gasteiger partial charge in [0.25, 0.3) is 0 Å². The van der Waals surface area contributed by atoms with Crippen molar-refractivity contribution in [1.82, 2.24) is 29.9 Å². The van der Waals surface area contributed by atoms with Crippen molar-refractivity contribution >= 4 is 34.4 Å². The molecule has 4 heterocycles. The van der Waals surface area contributed by atoms with E-state index in [1.807, 2.05) is 97.1 Å². The van der Waals surface area contributed by atoms with E-state index in [0.29, 0.717) is 17.6 Å². The van der Waals surface area contributed by atoms with Crippen molar-refractivity contribution in [3.63, 3.8) is 0 Å². The van der Waals surface area contributed by atoms with Crippen molar-refractivity contribution in [2.45, 2.75) is 0 Å². The number of anilines is 6. The lowest BCUT2D eigenvalue weighted by molar-refractivity contribution is 1.06. The first-order chi connectivity index (χ1) is 39.7. The predicted octanol–water partition coefficient (Wildman–Crippen LogP) is 18.3. The molecule has 13 aromatic rings. The zero-order valence-corrected chi connectivity index (χ0v) is 43.3. The Labute approximate surface area is 464 Å². The minimum atomic E-state index is 0.548. The van der Waals surface area contributed by atoms with Crippen LogP contribution >= 0.6 is 0 Å². The topological polar surface area (TPSA) is 83.8 Å². The van der Waals surface area contributed by atoms with Gasteiger partial charge in [0, 0.05) is 50.1 Å². The van der Waals surface area contributed by atoms with E-state index in [2.05, 4.69) is 204 Å².